The molecule has 1 aliphatic rings. The maximum Gasteiger partial charge on any atom is 0.222 e. The predicted molar refractivity (Wildman–Crippen MR) is 68.7 cm³/mol. The van der Waals surface area contributed by atoms with Crippen molar-refractivity contribution in [2.45, 2.75) is 58.1 Å². The summed E-state index contributed by atoms with van der Waals surface area (Å²) >= 11 is 0. The molecule has 0 aromatic heterocycles. The minimum atomic E-state index is 0.200. The van der Waals surface area contributed by atoms with Crippen LogP contribution in [0.3, 0.4) is 0 Å². The minimum absolute atomic E-state index is 0.200. The van der Waals surface area contributed by atoms with Gasteiger partial charge in [0.25, 0.3) is 0 Å². The molecule has 1 saturated heterocycles. The molecule has 0 aromatic carbocycles. The van der Waals surface area contributed by atoms with Gasteiger partial charge < -0.3 is 15.4 Å². The Morgan fingerprint density at radius 1 is 1.47 bits per heavy atom. The highest BCUT2D eigenvalue weighted by Crippen LogP contribution is 2.15. The monoisotopic (exact) mass is 242 g/mol. The Labute approximate surface area is 104 Å². The molecule has 4 nitrogen and oxygen atoms in total. The molecule has 17 heavy (non-hydrogen) atoms. The Kier molecular flexibility index (Phi) is 6.52. The van der Waals surface area contributed by atoms with Crippen LogP contribution in [0.15, 0.2) is 0 Å². The van der Waals surface area contributed by atoms with Crippen LogP contribution in [0.1, 0.15) is 46.0 Å². The van der Waals surface area contributed by atoms with Gasteiger partial charge in [0.05, 0.1) is 6.10 Å². The zero-order valence-electron chi connectivity index (χ0n) is 11.2. The SMILES string of the molecule is CCOC1CCN(C(=O)CCCC(C)N)CC1. The fourth-order valence-electron chi connectivity index (χ4n) is 2.24. The van der Waals surface area contributed by atoms with E-state index in [0.717, 1.165) is 45.4 Å². The van der Waals surface area contributed by atoms with Crippen LogP contribution in [-0.2, 0) is 9.53 Å². The van der Waals surface area contributed by atoms with E-state index in [2.05, 4.69) is 0 Å². The second kappa shape index (κ2) is 7.67. The fraction of sp³-hybridized carbons (Fsp3) is 0.923. The largest absolute Gasteiger partial charge is 0.378 e. The van der Waals surface area contributed by atoms with Crippen molar-refractivity contribution in [2.75, 3.05) is 19.7 Å². The third kappa shape index (κ3) is 5.50. The first-order chi connectivity index (χ1) is 8.13. The molecular weight excluding hydrogens is 216 g/mol. The van der Waals surface area contributed by atoms with Crippen LogP contribution in [-0.4, -0.2) is 42.6 Å². The maximum absolute atomic E-state index is 11.9. The van der Waals surface area contributed by atoms with E-state index in [-0.39, 0.29) is 11.9 Å². The summed E-state index contributed by atoms with van der Waals surface area (Å²) < 4.78 is 5.57. The lowest BCUT2D eigenvalue weighted by atomic mass is 10.1. The Hall–Kier alpha value is -0.610. The average Bonchev–Trinajstić information content (AvgIpc) is 2.30. The van der Waals surface area contributed by atoms with E-state index in [1.165, 1.54) is 0 Å². The zero-order valence-corrected chi connectivity index (χ0v) is 11.2. The van der Waals surface area contributed by atoms with Gasteiger partial charge in [0.2, 0.25) is 5.91 Å². The summed E-state index contributed by atoms with van der Waals surface area (Å²) in [5, 5.41) is 0. The lowest BCUT2D eigenvalue weighted by molar-refractivity contribution is -0.133. The number of carbonyl (C=O) groups is 1. The number of amides is 1. The van der Waals surface area contributed by atoms with Crippen LogP contribution >= 0.6 is 0 Å². The quantitative estimate of drug-likeness (QED) is 0.768. The Morgan fingerprint density at radius 3 is 2.65 bits per heavy atom. The standard InChI is InChI=1S/C13H26N2O2/c1-3-17-12-7-9-15(10-8-12)13(16)6-4-5-11(2)14/h11-12H,3-10,14H2,1-2H3. The molecule has 0 radical (unpaired) electrons. The summed E-state index contributed by atoms with van der Waals surface area (Å²) in [5.74, 6) is 0.278. The van der Waals surface area contributed by atoms with Crippen molar-refractivity contribution in [1.82, 2.24) is 4.90 Å². The van der Waals surface area contributed by atoms with Gasteiger partial charge in [-0.3, -0.25) is 4.79 Å². The average molecular weight is 242 g/mol. The van der Waals surface area contributed by atoms with E-state index in [4.69, 9.17) is 10.5 Å². The molecule has 4 heteroatoms. The van der Waals surface area contributed by atoms with Crippen LogP contribution in [0.2, 0.25) is 0 Å². The van der Waals surface area contributed by atoms with E-state index in [9.17, 15) is 4.79 Å². The van der Waals surface area contributed by atoms with Gasteiger partial charge in [-0.05, 0) is 39.5 Å². The topological polar surface area (TPSA) is 55.6 Å². The second-order valence-electron chi connectivity index (χ2n) is 4.90. The van der Waals surface area contributed by atoms with Crippen molar-refractivity contribution < 1.29 is 9.53 Å². The highest BCUT2D eigenvalue weighted by Gasteiger charge is 2.22. The third-order valence-electron chi connectivity index (χ3n) is 3.25. The molecule has 0 bridgehead atoms. The van der Waals surface area contributed by atoms with Gasteiger partial charge in [-0.15, -0.1) is 0 Å². The molecule has 0 aliphatic carbocycles. The molecule has 1 fully saturated rings. The van der Waals surface area contributed by atoms with Crippen molar-refractivity contribution in [3.05, 3.63) is 0 Å². The van der Waals surface area contributed by atoms with Gasteiger partial charge >= 0.3 is 0 Å². The number of hydrogen-bond acceptors (Lipinski definition) is 3. The molecule has 0 aromatic rings. The van der Waals surface area contributed by atoms with Crippen molar-refractivity contribution in [3.63, 3.8) is 0 Å². The number of nitrogens with two attached hydrogens (primary N) is 1. The van der Waals surface area contributed by atoms with E-state index in [1.54, 1.807) is 0 Å². The molecule has 0 saturated carbocycles. The number of carbonyl (C=O) groups excluding carboxylic acids is 1. The number of hydrogen-bond donors (Lipinski definition) is 1. The van der Waals surface area contributed by atoms with E-state index in [0.29, 0.717) is 12.5 Å². The van der Waals surface area contributed by atoms with Gasteiger partial charge in [-0.1, -0.05) is 0 Å². The summed E-state index contributed by atoms with van der Waals surface area (Å²) in [6.45, 7) is 6.47. The van der Waals surface area contributed by atoms with Crippen molar-refractivity contribution in [2.24, 2.45) is 5.73 Å². The van der Waals surface area contributed by atoms with Crippen LogP contribution in [0.25, 0.3) is 0 Å². The molecule has 0 spiro atoms. The van der Waals surface area contributed by atoms with Gasteiger partial charge in [0, 0.05) is 32.2 Å². The van der Waals surface area contributed by atoms with Crippen LogP contribution in [0.4, 0.5) is 0 Å². The lowest BCUT2D eigenvalue weighted by Crippen LogP contribution is -2.40. The first kappa shape index (κ1) is 14.5. The molecule has 1 rings (SSSR count). The molecule has 2 N–H and O–H groups in total. The van der Waals surface area contributed by atoms with Crippen molar-refractivity contribution in [3.8, 4) is 0 Å². The molecule has 1 aliphatic heterocycles. The Bertz CT molecular complexity index is 223. The smallest absolute Gasteiger partial charge is 0.222 e. The van der Waals surface area contributed by atoms with Gasteiger partial charge in [0.15, 0.2) is 0 Å². The van der Waals surface area contributed by atoms with Crippen LogP contribution in [0.5, 0.6) is 0 Å². The first-order valence-electron chi connectivity index (χ1n) is 6.78. The minimum Gasteiger partial charge on any atom is -0.378 e. The normalized spacial score (nSPS) is 19.4. The number of likely N-dealkylation sites (tertiary alicyclic amines) is 1. The Balaban J connectivity index is 2.17. The molecule has 1 unspecified atom stereocenters. The predicted octanol–water partition coefficient (Wildman–Crippen LogP) is 1.53. The molecule has 1 amide bonds. The van der Waals surface area contributed by atoms with Gasteiger partial charge in [-0.25, -0.2) is 0 Å². The molecule has 1 heterocycles. The molecule has 1 atom stereocenters. The van der Waals surface area contributed by atoms with Crippen molar-refractivity contribution in [1.29, 1.82) is 0 Å². The van der Waals surface area contributed by atoms with Gasteiger partial charge in [0.1, 0.15) is 0 Å². The van der Waals surface area contributed by atoms with Crippen LogP contribution < -0.4 is 5.73 Å². The van der Waals surface area contributed by atoms with Crippen LogP contribution in [0, 0.1) is 0 Å². The summed E-state index contributed by atoms with van der Waals surface area (Å²) in [6.07, 6.45) is 4.79. The summed E-state index contributed by atoms with van der Waals surface area (Å²) in [4.78, 5) is 13.9. The summed E-state index contributed by atoms with van der Waals surface area (Å²) in [5.41, 5.74) is 5.67. The highest BCUT2D eigenvalue weighted by atomic mass is 16.5. The number of piperidine rings is 1. The summed E-state index contributed by atoms with van der Waals surface area (Å²) in [6, 6.07) is 0.200. The highest BCUT2D eigenvalue weighted by molar-refractivity contribution is 5.76. The zero-order chi connectivity index (χ0) is 12.7. The first-order valence-corrected chi connectivity index (χ1v) is 6.78. The molecule has 100 valence electrons. The molecular formula is C13H26N2O2. The van der Waals surface area contributed by atoms with E-state index in [1.807, 2.05) is 18.7 Å². The number of nitrogens with zero attached hydrogens (tertiary/aromatic N) is 1. The Morgan fingerprint density at radius 2 is 2.12 bits per heavy atom. The lowest BCUT2D eigenvalue weighted by Gasteiger charge is -2.31. The van der Waals surface area contributed by atoms with Crippen molar-refractivity contribution >= 4 is 5.91 Å². The second-order valence-corrected chi connectivity index (χ2v) is 4.90. The van der Waals surface area contributed by atoms with Gasteiger partial charge in [-0.2, -0.15) is 0 Å². The fourth-order valence-corrected chi connectivity index (χ4v) is 2.24. The maximum atomic E-state index is 11.9. The summed E-state index contributed by atoms with van der Waals surface area (Å²) in [7, 11) is 0. The number of ether oxygens (including phenoxy) is 1. The number of rotatable bonds is 6. The van der Waals surface area contributed by atoms with E-state index < -0.39 is 0 Å². The third-order valence-corrected chi connectivity index (χ3v) is 3.25. The van der Waals surface area contributed by atoms with E-state index >= 15 is 0 Å².